The van der Waals surface area contributed by atoms with Gasteiger partial charge in [-0.25, -0.2) is 0 Å². The van der Waals surface area contributed by atoms with Crippen molar-refractivity contribution in [3.63, 3.8) is 0 Å². The lowest BCUT2D eigenvalue weighted by Gasteiger charge is -2.27. The minimum absolute atomic E-state index is 0.528. The maximum atomic E-state index is 10.7. The molecule has 0 saturated carbocycles. The summed E-state index contributed by atoms with van der Waals surface area (Å²) in [6.45, 7) is 1.61. The Morgan fingerprint density at radius 1 is 1.33 bits per heavy atom. The summed E-state index contributed by atoms with van der Waals surface area (Å²) in [5.41, 5.74) is -1.36. The van der Waals surface area contributed by atoms with Crippen LogP contribution in [0.25, 0.3) is 0 Å². The van der Waals surface area contributed by atoms with Crippen molar-refractivity contribution in [1.82, 2.24) is 5.32 Å². The third-order valence-electron chi connectivity index (χ3n) is 1.48. The normalized spacial score (nSPS) is 10.9. The van der Waals surface area contributed by atoms with Crippen molar-refractivity contribution in [3.05, 3.63) is 12.7 Å². The van der Waals surface area contributed by atoms with E-state index < -0.39 is 31.3 Å². The number of carbonyl (C=O) groups is 1. The fourth-order valence-electron chi connectivity index (χ4n) is 0.581. The monoisotopic (exact) mass is 175 g/mol. The highest BCUT2D eigenvalue weighted by molar-refractivity contribution is 5.87. The Morgan fingerprint density at radius 2 is 1.75 bits per heavy atom. The molecular weight excluding hydrogens is 162 g/mol. The molecule has 0 aliphatic carbocycles. The molecule has 4 N–H and O–H groups in total. The zero-order chi connectivity index (χ0) is 9.61. The average molecular weight is 175 g/mol. The van der Waals surface area contributed by atoms with Crippen LogP contribution in [0.3, 0.4) is 0 Å². The molecule has 0 aromatic rings. The molecule has 0 aliphatic rings. The van der Waals surface area contributed by atoms with Crippen LogP contribution in [-0.4, -0.2) is 46.6 Å². The van der Waals surface area contributed by atoms with Crippen molar-refractivity contribution in [1.29, 1.82) is 0 Å². The van der Waals surface area contributed by atoms with Crippen LogP contribution in [0.1, 0.15) is 0 Å². The largest absolute Gasteiger partial charge is 0.394 e. The van der Waals surface area contributed by atoms with Gasteiger partial charge in [-0.1, -0.05) is 6.58 Å². The van der Waals surface area contributed by atoms with Gasteiger partial charge in [0.05, 0.1) is 19.8 Å². The highest BCUT2D eigenvalue weighted by Gasteiger charge is 2.28. The Hall–Kier alpha value is -0.910. The smallest absolute Gasteiger partial charge is 0.244 e. The Bertz CT molecular complexity index is 157. The van der Waals surface area contributed by atoms with Gasteiger partial charge in [0.25, 0.3) is 0 Å². The van der Waals surface area contributed by atoms with E-state index in [1.807, 2.05) is 0 Å². The van der Waals surface area contributed by atoms with Gasteiger partial charge in [-0.15, -0.1) is 0 Å². The lowest BCUT2D eigenvalue weighted by molar-refractivity contribution is -0.120. The molecule has 0 heterocycles. The molecule has 0 fully saturated rings. The van der Waals surface area contributed by atoms with Crippen LogP contribution in [-0.2, 0) is 4.79 Å². The zero-order valence-corrected chi connectivity index (χ0v) is 6.66. The summed E-state index contributed by atoms with van der Waals surface area (Å²) in [6, 6.07) is 0. The SMILES string of the molecule is C=CC(=O)NC(CO)(CO)CO. The summed E-state index contributed by atoms with van der Waals surface area (Å²) in [5, 5.41) is 28.5. The van der Waals surface area contributed by atoms with Crippen molar-refractivity contribution in [3.8, 4) is 0 Å². The van der Waals surface area contributed by atoms with Gasteiger partial charge in [-0.2, -0.15) is 0 Å². The fraction of sp³-hybridized carbons (Fsp3) is 0.571. The Balaban J connectivity index is 4.29. The van der Waals surface area contributed by atoms with Gasteiger partial charge in [0.1, 0.15) is 5.54 Å². The van der Waals surface area contributed by atoms with Gasteiger partial charge in [0, 0.05) is 0 Å². The first-order valence-corrected chi connectivity index (χ1v) is 3.41. The molecule has 5 nitrogen and oxygen atoms in total. The van der Waals surface area contributed by atoms with Gasteiger partial charge in [-0.3, -0.25) is 4.79 Å². The lowest BCUT2D eigenvalue weighted by Crippen LogP contribution is -2.56. The second kappa shape index (κ2) is 4.87. The summed E-state index contributed by atoms with van der Waals surface area (Å²) < 4.78 is 0. The number of aliphatic hydroxyl groups is 3. The molecular formula is C7H13NO4. The Kier molecular flexibility index (Phi) is 4.50. The molecule has 5 heteroatoms. The van der Waals surface area contributed by atoms with Gasteiger partial charge in [0.2, 0.25) is 5.91 Å². The lowest BCUT2D eigenvalue weighted by atomic mass is 10.0. The predicted octanol–water partition coefficient (Wildman–Crippen LogP) is -2.00. The first-order valence-electron chi connectivity index (χ1n) is 3.41. The van der Waals surface area contributed by atoms with E-state index in [1.165, 1.54) is 0 Å². The van der Waals surface area contributed by atoms with Crippen LogP contribution in [0, 0.1) is 0 Å². The van der Waals surface area contributed by atoms with Gasteiger partial charge < -0.3 is 20.6 Å². The average Bonchev–Trinajstić information content (AvgIpc) is 2.14. The Labute approximate surface area is 70.3 Å². The maximum absolute atomic E-state index is 10.7. The second-order valence-electron chi connectivity index (χ2n) is 2.45. The number of amides is 1. The quantitative estimate of drug-likeness (QED) is 0.364. The number of aliphatic hydroxyl groups excluding tert-OH is 3. The zero-order valence-electron chi connectivity index (χ0n) is 6.66. The van der Waals surface area contributed by atoms with E-state index in [0.29, 0.717) is 0 Å². The first-order chi connectivity index (χ1) is 5.64. The first kappa shape index (κ1) is 11.1. The molecule has 0 atom stereocenters. The molecule has 1 amide bonds. The molecule has 0 rings (SSSR count). The molecule has 0 spiro atoms. The minimum atomic E-state index is -1.36. The van der Waals surface area contributed by atoms with Gasteiger partial charge >= 0.3 is 0 Å². The van der Waals surface area contributed by atoms with Gasteiger partial charge in [-0.05, 0) is 6.08 Å². The van der Waals surface area contributed by atoms with E-state index in [0.717, 1.165) is 6.08 Å². The van der Waals surface area contributed by atoms with E-state index in [2.05, 4.69) is 11.9 Å². The number of hydrogen-bond acceptors (Lipinski definition) is 4. The molecule has 0 aliphatic heterocycles. The van der Waals surface area contributed by atoms with E-state index in [-0.39, 0.29) is 0 Å². The topological polar surface area (TPSA) is 89.8 Å². The molecule has 0 saturated heterocycles. The van der Waals surface area contributed by atoms with Crippen molar-refractivity contribution < 1.29 is 20.1 Å². The predicted molar refractivity (Wildman–Crippen MR) is 42.3 cm³/mol. The molecule has 0 aromatic heterocycles. The van der Waals surface area contributed by atoms with E-state index in [1.54, 1.807) is 0 Å². The van der Waals surface area contributed by atoms with Crippen molar-refractivity contribution in [2.24, 2.45) is 0 Å². The van der Waals surface area contributed by atoms with Crippen molar-refractivity contribution in [2.75, 3.05) is 19.8 Å². The fourth-order valence-corrected chi connectivity index (χ4v) is 0.581. The number of carbonyl (C=O) groups excluding carboxylic acids is 1. The number of hydrogen-bond donors (Lipinski definition) is 4. The second-order valence-corrected chi connectivity index (χ2v) is 2.45. The summed E-state index contributed by atoms with van der Waals surface area (Å²) in [6.07, 6.45) is 0.996. The van der Waals surface area contributed by atoms with E-state index in [9.17, 15) is 4.79 Å². The standard InChI is InChI=1S/C7H13NO4/c1-2-6(12)8-7(3-9,4-10)5-11/h2,9-11H,1,3-5H2,(H,8,12). The van der Waals surface area contributed by atoms with Crippen molar-refractivity contribution >= 4 is 5.91 Å². The highest BCUT2D eigenvalue weighted by Crippen LogP contribution is 2.00. The number of rotatable bonds is 5. The third-order valence-corrected chi connectivity index (χ3v) is 1.48. The van der Waals surface area contributed by atoms with Gasteiger partial charge in [0.15, 0.2) is 0 Å². The summed E-state index contributed by atoms with van der Waals surface area (Å²) >= 11 is 0. The molecule has 0 radical (unpaired) electrons. The van der Waals surface area contributed by atoms with E-state index >= 15 is 0 Å². The van der Waals surface area contributed by atoms with Crippen LogP contribution in [0.2, 0.25) is 0 Å². The number of nitrogens with one attached hydrogen (secondary N) is 1. The minimum Gasteiger partial charge on any atom is -0.394 e. The van der Waals surface area contributed by atoms with Crippen LogP contribution in [0.5, 0.6) is 0 Å². The van der Waals surface area contributed by atoms with Crippen LogP contribution >= 0.6 is 0 Å². The summed E-state index contributed by atoms with van der Waals surface area (Å²) in [7, 11) is 0. The Morgan fingerprint density at radius 3 is 2.00 bits per heavy atom. The third kappa shape index (κ3) is 2.61. The molecule has 0 unspecified atom stereocenters. The van der Waals surface area contributed by atoms with E-state index in [4.69, 9.17) is 15.3 Å². The van der Waals surface area contributed by atoms with Crippen LogP contribution in [0.4, 0.5) is 0 Å². The summed E-state index contributed by atoms with van der Waals surface area (Å²) in [4.78, 5) is 10.7. The van der Waals surface area contributed by atoms with Crippen molar-refractivity contribution in [2.45, 2.75) is 5.54 Å². The highest BCUT2D eigenvalue weighted by atomic mass is 16.3. The summed E-state index contributed by atoms with van der Waals surface area (Å²) in [5.74, 6) is -0.549. The maximum Gasteiger partial charge on any atom is 0.244 e. The van der Waals surface area contributed by atoms with Crippen LogP contribution in [0.15, 0.2) is 12.7 Å². The van der Waals surface area contributed by atoms with Crippen LogP contribution < -0.4 is 5.32 Å². The molecule has 70 valence electrons. The molecule has 12 heavy (non-hydrogen) atoms. The molecule has 0 aromatic carbocycles. The molecule has 0 bridgehead atoms.